The summed E-state index contributed by atoms with van der Waals surface area (Å²) in [5.41, 5.74) is 6.80. The van der Waals surface area contributed by atoms with Crippen LogP contribution in [-0.2, 0) is 6.42 Å². The molecule has 2 N–H and O–H groups in total. The van der Waals surface area contributed by atoms with Gasteiger partial charge in [0, 0.05) is 16.1 Å². The summed E-state index contributed by atoms with van der Waals surface area (Å²) in [7, 11) is 0. The van der Waals surface area contributed by atoms with E-state index in [9.17, 15) is 0 Å². The first-order valence-corrected chi connectivity index (χ1v) is 7.67. The van der Waals surface area contributed by atoms with Gasteiger partial charge in [0.2, 0.25) is 0 Å². The molecule has 5 heteroatoms. The Labute approximate surface area is 137 Å². The molecule has 1 atom stereocenters. The quantitative estimate of drug-likeness (QED) is 0.773. The number of hydrogen-bond acceptors (Lipinski definition) is 2. The minimum atomic E-state index is 0.0738. The SMILES string of the molecule is CC(N)Cc1ccc(Oc2ccc(Cl)cc2Br)cc1Cl. The summed E-state index contributed by atoms with van der Waals surface area (Å²) >= 11 is 15.5. The molecule has 0 aromatic heterocycles. The second kappa shape index (κ2) is 6.81. The molecule has 106 valence electrons. The van der Waals surface area contributed by atoms with Crippen LogP contribution in [0, 0.1) is 0 Å². The molecule has 2 nitrogen and oxygen atoms in total. The van der Waals surface area contributed by atoms with Gasteiger partial charge in [-0.1, -0.05) is 29.3 Å². The molecule has 0 bridgehead atoms. The second-order valence-corrected chi connectivity index (χ2v) is 6.31. The lowest BCUT2D eigenvalue weighted by Crippen LogP contribution is -2.17. The van der Waals surface area contributed by atoms with Crippen LogP contribution in [-0.4, -0.2) is 6.04 Å². The van der Waals surface area contributed by atoms with Gasteiger partial charge in [-0.25, -0.2) is 0 Å². The average molecular weight is 375 g/mol. The maximum atomic E-state index is 6.24. The van der Waals surface area contributed by atoms with Gasteiger partial charge in [-0.3, -0.25) is 0 Å². The molecular formula is C15H14BrCl2NO. The van der Waals surface area contributed by atoms with Gasteiger partial charge < -0.3 is 10.5 Å². The summed E-state index contributed by atoms with van der Waals surface area (Å²) < 4.78 is 6.58. The highest BCUT2D eigenvalue weighted by molar-refractivity contribution is 9.10. The number of halogens is 3. The maximum Gasteiger partial charge on any atom is 0.141 e. The third-order valence-electron chi connectivity index (χ3n) is 2.69. The molecule has 0 aliphatic rings. The zero-order valence-corrected chi connectivity index (χ0v) is 14.0. The summed E-state index contributed by atoms with van der Waals surface area (Å²) in [5.74, 6) is 1.36. The summed E-state index contributed by atoms with van der Waals surface area (Å²) in [6, 6.07) is 11.0. The first-order chi connectivity index (χ1) is 9.45. The smallest absolute Gasteiger partial charge is 0.141 e. The molecule has 2 rings (SSSR count). The van der Waals surface area contributed by atoms with Crippen LogP contribution < -0.4 is 10.5 Å². The van der Waals surface area contributed by atoms with Crippen molar-refractivity contribution in [3.8, 4) is 11.5 Å². The van der Waals surface area contributed by atoms with Crippen LogP contribution in [0.5, 0.6) is 11.5 Å². The molecule has 0 aliphatic carbocycles. The minimum Gasteiger partial charge on any atom is -0.456 e. The van der Waals surface area contributed by atoms with Crippen molar-refractivity contribution in [2.45, 2.75) is 19.4 Å². The van der Waals surface area contributed by atoms with Gasteiger partial charge in [-0.05, 0) is 65.2 Å². The first-order valence-electron chi connectivity index (χ1n) is 6.12. The van der Waals surface area contributed by atoms with E-state index in [1.807, 2.05) is 19.1 Å². The molecule has 20 heavy (non-hydrogen) atoms. The molecule has 0 saturated carbocycles. The largest absolute Gasteiger partial charge is 0.456 e. The Kier molecular flexibility index (Phi) is 5.33. The Balaban J connectivity index is 2.20. The molecule has 0 spiro atoms. The van der Waals surface area contributed by atoms with Gasteiger partial charge in [0.1, 0.15) is 11.5 Å². The Bertz CT molecular complexity index is 617. The van der Waals surface area contributed by atoms with E-state index in [0.717, 1.165) is 16.5 Å². The van der Waals surface area contributed by atoms with E-state index in [1.54, 1.807) is 24.3 Å². The number of rotatable bonds is 4. The molecule has 2 aromatic carbocycles. The van der Waals surface area contributed by atoms with Crippen LogP contribution in [0.2, 0.25) is 10.0 Å². The number of hydrogen-bond donors (Lipinski definition) is 1. The second-order valence-electron chi connectivity index (χ2n) is 4.61. The third-order valence-corrected chi connectivity index (χ3v) is 3.89. The Morgan fingerprint density at radius 3 is 2.55 bits per heavy atom. The van der Waals surface area contributed by atoms with Crippen LogP contribution in [0.1, 0.15) is 12.5 Å². The van der Waals surface area contributed by atoms with E-state index in [0.29, 0.717) is 21.5 Å². The van der Waals surface area contributed by atoms with Gasteiger partial charge in [0.25, 0.3) is 0 Å². The van der Waals surface area contributed by atoms with Gasteiger partial charge in [0.05, 0.1) is 4.47 Å². The molecule has 0 fully saturated rings. The normalized spacial score (nSPS) is 12.2. The molecule has 0 amide bonds. The lowest BCUT2D eigenvalue weighted by molar-refractivity contribution is 0.479. The fourth-order valence-corrected chi connectivity index (χ4v) is 2.80. The number of benzene rings is 2. The first kappa shape index (κ1) is 15.6. The van der Waals surface area contributed by atoms with E-state index in [4.69, 9.17) is 33.7 Å². The fourth-order valence-electron chi connectivity index (χ4n) is 1.79. The summed E-state index contributed by atoms with van der Waals surface area (Å²) in [5, 5.41) is 1.31. The Morgan fingerprint density at radius 2 is 1.95 bits per heavy atom. The standard InChI is InChI=1S/C15H14BrCl2NO/c1-9(19)6-10-2-4-12(8-14(10)18)20-15-5-3-11(17)7-13(15)16/h2-5,7-9H,6,19H2,1H3. The van der Waals surface area contributed by atoms with Crippen molar-refractivity contribution in [3.63, 3.8) is 0 Å². The Morgan fingerprint density at radius 1 is 1.20 bits per heavy atom. The van der Waals surface area contributed by atoms with E-state index in [-0.39, 0.29) is 6.04 Å². The van der Waals surface area contributed by atoms with Crippen LogP contribution in [0.25, 0.3) is 0 Å². The van der Waals surface area contributed by atoms with E-state index in [2.05, 4.69) is 15.9 Å². The van der Waals surface area contributed by atoms with Gasteiger partial charge in [0.15, 0.2) is 0 Å². The molecule has 0 heterocycles. The van der Waals surface area contributed by atoms with Crippen LogP contribution in [0.15, 0.2) is 40.9 Å². The fraction of sp³-hybridized carbons (Fsp3) is 0.200. The highest BCUT2D eigenvalue weighted by atomic mass is 79.9. The lowest BCUT2D eigenvalue weighted by Gasteiger charge is -2.11. The molecule has 0 radical (unpaired) electrons. The van der Waals surface area contributed by atoms with E-state index in [1.165, 1.54) is 0 Å². The summed E-state index contributed by atoms with van der Waals surface area (Å²) in [6.07, 6.45) is 0.740. The topological polar surface area (TPSA) is 35.2 Å². The van der Waals surface area contributed by atoms with Gasteiger partial charge in [-0.2, -0.15) is 0 Å². The van der Waals surface area contributed by atoms with Crippen molar-refractivity contribution < 1.29 is 4.74 Å². The van der Waals surface area contributed by atoms with Crippen molar-refractivity contribution in [1.82, 2.24) is 0 Å². The third kappa shape index (κ3) is 4.13. The van der Waals surface area contributed by atoms with Crippen LogP contribution in [0.4, 0.5) is 0 Å². The zero-order valence-electron chi connectivity index (χ0n) is 10.9. The monoisotopic (exact) mass is 373 g/mol. The predicted molar refractivity (Wildman–Crippen MR) is 88.0 cm³/mol. The number of ether oxygens (including phenoxy) is 1. The van der Waals surface area contributed by atoms with E-state index >= 15 is 0 Å². The van der Waals surface area contributed by atoms with Crippen molar-refractivity contribution in [3.05, 3.63) is 56.5 Å². The molecule has 0 aliphatic heterocycles. The van der Waals surface area contributed by atoms with Crippen molar-refractivity contribution in [2.24, 2.45) is 5.73 Å². The Hall–Kier alpha value is -0.740. The summed E-state index contributed by atoms with van der Waals surface area (Å²) in [6.45, 7) is 1.95. The summed E-state index contributed by atoms with van der Waals surface area (Å²) in [4.78, 5) is 0. The maximum absolute atomic E-state index is 6.24. The molecular weight excluding hydrogens is 361 g/mol. The highest BCUT2D eigenvalue weighted by Crippen LogP contribution is 2.33. The van der Waals surface area contributed by atoms with Crippen molar-refractivity contribution in [1.29, 1.82) is 0 Å². The molecule has 2 aromatic rings. The van der Waals surface area contributed by atoms with Gasteiger partial charge in [-0.15, -0.1) is 0 Å². The molecule has 1 unspecified atom stereocenters. The van der Waals surface area contributed by atoms with Crippen LogP contribution in [0.3, 0.4) is 0 Å². The zero-order chi connectivity index (χ0) is 14.7. The predicted octanol–water partition coefficient (Wildman–Crippen LogP) is 5.44. The minimum absolute atomic E-state index is 0.0738. The van der Waals surface area contributed by atoms with Crippen molar-refractivity contribution >= 4 is 39.1 Å². The average Bonchev–Trinajstić information content (AvgIpc) is 2.36. The molecule has 0 saturated heterocycles. The lowest BCUT2D eigenvalue weighted by atomic mass is 10.1. The highest BCUT2D eigenvalue weighted by Gasteiger charge is 2.08. The van der Waals surface area contributed by atoms with Crippen LogP contribution >= 0.6 is 39.1 Å². The number of nitrogens with two attached hydrogens (primary N) is 1. The van der Waals surface area contributed by atoms with Gasteiger partial charge >= 0.3 is 0 Å². The van der Waals surface area contributed by atoms with E-state index < -0.39 is 0 Å². The van der Waals surface area contributed by atoms with Crippen molar-refractivity contribution in [2.75, 3.05) is 0 Å².